The summed E-state index contributed by atoms with van der Waals surface area (Å²) in [5.41, 5.74) is -2.33. The molecular weight excluding hydrogens is 653 g/mol. The van der Waals surface area contributed by atoms with Gasteiger partial charge in [0.1, 0.15) is 5.75 Å². The Kier molecular flexibility index (Phi) is 11.5. The fourth-order valence-electron chi connectivity index (χ4n) is 5.08. The molecule has 11 nitrogen and oxygen atoms in total. The van der Waals surface area contributed by atoms with E-state index in [1.165, 1.54) is 21.7 Å². The summed E-state index contributed by atoms with van der Waals surface area (Å²) in [5.74, 6) is 2.95. The number of halogens is 6. The van der Waals surface area contributed by atoms with E-state index in [-0.39, 0.29) is 60.1 Å². The number of likely N-dealkylation sites (tertiary alicyclic amines) is 1. The Balaban J connectivity index is 1.90. The molecule has 1 amide bonds. The van der Waals surface area contributed by atoms with E-state index in [1.54, 1.807) is 6.92 Å². The predicted octanol–water partition coefficient (Wildman–Crippen LogP) is 3.98. The molecule has 3 N–H and O–H groups in total. The molecule has 252 valence electrons. The highest BCUT2D eigenvalue weighted by atomic mass is 35.5. The van der Waals surface area contributed by atoms with Crippen LogP contribution in [0.4, 0.5) is 22.0 Å². The number of hydrogen-bond acceptors (Lipinski definition) is 9. The molecule has 1 aromatic carbocycles. The Hall–Kier alpha value is -3.02. The summed E-state index contributed by atoms with van der Waals surface area (Å²) < 4.78 is 97.4. The number of nitrogens with two attached hydrogens (primary N) is 1. The second kappa shape index (κ2) is 14.2. The number of aromatic nitrogens is 2. The minimum Gasteiger partial charge on any atom is -0.434 e. The molecule has 0 spiro atoms. The molecule has 1 aliphatic rings. The number of amides is 1. The number of carbonyl (C=O) groups is 2. The summed E-state index contributed by atoms with van der Waals surface area (Å²) in [6.07, 6.45) is -3.38. The number of alkyl halides is 5. The lowest BCUT2D eigenvalue weighted by atomic mass is 9.84. The van der Waals surface area contributed by atoms with E-state index in [4.69, 9.17) is 17.5 Å². The molecule has 0 radical (unpaired) electrons. The van der Waals surface area contributed by atoms with Crippen LogP contribution in [-0.4, -0.2) is 84.9 Å². The van der Waals surface area contributed by atoms with Crippen LogP contribution >= 0.6 is 11.6 Å². The van der Waals surface area contributed by atoms with Gasteiger partial charge in [0.15, 0.2) is 15.5 Å². The van der Waals surface area contributed by atoms with Crippen molar-refractivity contribution >= 4 is 33.3 Å². The molecule has 0 aliphatic carbocycles. The van der Waals surface area contributed by atoms with Crippen molar-refractivity contribution in [3.8, 4) is 17.0 Å². The van der Waals surface area contributed by atoms with Crippen molar-refractivity contribution in [1.82, 2.24) is 20.0 Å². The van der Waals surface area contributed by atoms with Crippen LogP contribution in [0.2, 0.25) is 5.02 Å². The summed E-state index contributed by atoms with van der Waals surface area (Å²) in [5, 5.41) is 5.94. The van der Waals surface area contributed by atoms with Gasteiger partial charge in [-0.3, -0.25) is 14.4 Å². The van der Waals surface area contributed by atoms with Gasteiger partial charge in [-0.2, -0.15) is 32.9 Å². The minimum atomic E-state index is -4.56. The topological polar surface area (TPSA) is 146 Å². The maximum absolute atomic E-state index is 13.5. The lowest BCUT2D eigenvalue weighted by molar-refractivity contribution is -0.211. The highest BCUT2D eigenvalue weighted by molar-refractivity contribution is 7.91. The molecule has 2 atom stereocenters. The van der Waals surface area contributed by atoms with Gasteiger partial charge in [0.05, 0.1) is 27.9 Å². The molecule has 2 heterocycles. The van der Waals surface area contributed by atoms with Gasteiger partial charge in [0, 0.05) is 37.5 Å². The largest absolute Gasteiger partial charge is 0.434 e. The standard InChI is InChI=1S/C27H35ClF5N5O6S/c1-5-38-23(18-9-6-15(10-19(18)43-25(29)30)11-26(2,3)27(31,32)33)21(28)22(36-38)24(40)35-12-16-7-8-17(45(4,41)42)13-37(16)14-20(39)44-34/h6,9-10,16-17,25H,5,7-8,11-14,34H2,1-4H3,(H,35,40). The average molecular weight is 688 g/mol. The molecular formula is C27H35ClF5N5O6S. The maximum atomic E-state index is 13.5. The average Bonchev–Trinajstić information content (AvgIpc) is 3.26. The molecule has 0 saturated carbocycles. The molecule has 1 saturated heterocycles. The van der Waals surface area contributed by atoms with Crippen LogP contribution in [0.25, 0.3) is 11.3 Å². The lowest BCUT2D eigenvalue weighted by Crippen LogP contribution is -2.53. The van der Waals surface area contributed by atoms with Crippen molar-refractivity contribution in [3.05, 3.63) is 34.5 Å². The first-order chi connectivity index (χ1) is 20.8. The first kappa shape index (κ1) is 36.4. The molecule has 1 fully saturated rings. The monoisotopic (exact) mass is 687 g/mol. The number of benzene rings is 1. The maximum Gasteiger partial charge on any atom is 0.394 e. The third-order valence-corrected chi connectivity index (χ3v) is 9.64. The third-order valence-electron chi connectivity index (χ3n) is 7.68. The highest BCUT2D eigenvalue weighted by Gasteiger charge is 2.47. The van der Waals surface area contributed by atoms with Crippen LogP contribution in [-0.2, 0) is 32.4 Å². The smallest absolute Gasteiger partial charge is 0.394 e. The Morgan fingerprint density at radius 2 is 1.89 bits per heavy atom. The van der Waals surface area contributed by atoms with Crippen LogP contribution in [0.3, 0.4) is 0 Å². The number of hydrogen-bond donors (Lipinski definition) is 2. The van der Waals surface area contributed by atoms with Crippen molar-refractivity contribution in [3.63, 3.8) is 0 Å². The Morgan fingerprint density at radius 3 is 2.44 bits per heavy atom. The van der Waals surface area contributed by atoms with Crippen LogP contribution in [0.5, 0.6) is 5.75 Å². The zero-order chi connectivity index (χ0) is 33.9. The van der Waals surface area contributed by atoms with E-state index in [0.717, 1.165) is 26.2 Å². The van der Waals surface area contributed by atoms with Crippen molar-refractivity contribution in [2.24, 2.45) is 11.3 Å². The van der Waals surface area contributed by atoms with Crippen LogP contribution in [0.1, 0.15) is 49.7 Å². The molecule has 1 aliphatic heterocycles. The summed E-state index contributed by atoms with van der Waals surface area (Å²) in [6.45, 7) is 0.0915. The van der Waals surface area contributed by atoms with Gasteiger partial charge >= 0.3 is 18.8 Å². The summed E-state index contributed by atoms with van der Waals surface area (Å²) in [7, 11) is -3.42. The quantitative estimate of drug-likeness (QED) is 0.250. The van der Waals surface area contributed by atoms with Gasteiger partial charge in [-0.15, -0.1) is 0 Å². The van der Waals surface area contributed by atoms with Crippen molar-refractivity contribution in [2.45, 2.75) is 70.7 Å². The second-order valence-corrected chi connectivity index (χ2v) is 14.1. The first-order valence-corrected chi connectivity index (χ1v) is 16.1. The summed E-state index contributed by atoms with van der Waals surface area (Å²) >= 11 is 6.57. The van der Waals surface area contributed by atoms with E-state index in [0.29, 0.717) is 6.42 Å². The van der Waals surface area contributed by atoms with Gasteiger partial charge in [0.25, 0.3) is 5.91 Å². The Bertz CT molecular complexity index is 1500. The SMILES string of the molecule is CCn1nc(C(=O)NCC2CCC(S(C)(=O)=O)CN2CC(=O)ON)c(Cl)c1-c1ccc(CC(C)(C)C(F)(F)F)cc1OC(F)F. The third kappa shape index (κ3) is 8.83. The summed E-state index contributed by atoms with van der Waals surface area (Å²) in [4.78, 5) is 30.9. The van der Waals surface area contributed by atoms with Gasteiger partial charge in [-0.25, -0.2) is 13.2 Å². The van der Waals surface area contributed by atoms with E-state index in [2.05, 4.69) is 20.0 Å². The van der Waals surface area contributed by atoms with Gasteiger partial charge in [-0.05, 0) is 43.9 Å². The number of carbonyl (C=O) groups excluding carboxylic acids is 2. The number of rotatable bonds is 12. The van der Waals surface area contributed by atoms with Crippen LogP contribution in [0.15, 0.2) is 18.2 Å². The number of nitrogens with zero attached hydrogens (tertiary/aromatic N) is 3. The van der Waals surface area contributed by atoms with Gasteiger partial charge in [-0.1, -0.05) is 31.5 Å². The van der Waals surface area contributed by atoms with E-state index in [1.807, 2.05) is 0 Å². The normalized spacial score (nSPS) is 18.2. The van der Waals surface area contributed by atoms with Gasteiger partial charge < -0.3 is 14.9 Å². The zero-order valence-corrected chi connectivity index (χ0v) is 26.5. The molecule has 2 aromatic rings. The number of nitrogens with one attached hydrogen (secondary N) is 1. The van der Waals surface area contributed by atoms with Crippen LogP contribution in [0, 0.1) is 5.41 Å². The molecule has 0 bridgehead atoms. The fourth-order valence-corrected chi connectivity index (χ4v) is 6.43. The van der Waals surface area contributed by atoms with Gasteiger partial charge in [0.2, 0.25) is 0 Å². The number of sulfone groups is 1. The Morgan fingerprint density at radius 1 is 1.22 bits per heavy atom. The van der Waals surface area contributed by atoms with Crippen LogP contribution < -0.4 is 16.0 Å². The minimum absolute atomic E-state index is 0.00684. The van der Waals surface area contributed by atoms with E-state index >= 15 is 0 Å². The molecule has 18 heteroatoms. The highest BCUT2D eigenvalue weighted by Crippen LogP contribution is 2.43. The lowest BCUT2D eigenvalue weighted by Gasteiger charge is -2.38. The van der Waals surface area contributed by atoms with Crippen molar-refractivity contribution in [1.29, 1.82) is 0 Å². The number of ether oxygens (including phenoxy) is 1. The van der Waals surface area contributed by atoms with E-state index < -0.39 is 63.4 Å². The van der Waals surface area contributed by atoms with Crippen molar-refractivity contribution < 1.29 is 49.5 Å². The van der Waals surface area contributed by atoms with E-state index in [9.17, 15) is 40.0 Å². The Labute approximate surface area is 262 Å². The molecule has 45 heavy (non-hydrogen) atoms. The van der Waals surface area contributed by atoms with Crippen molar-refractivity contribution in [2.75, 3.05) is 25.9 Å². The first-order valence-electron chi connectivity index (χ1n) is 13.8. The zero-order valence-electron chi connectivity index (χ0n) is 25.0. The summed E-state index contributed by atoms with van der Waals surface area (Å²) in [6, 6.07) is 3.21. The molecule has 1 aromatic heterocycles. The number of aryl methyl sites for hydroxylation is 1. The fraction of sp³-hybridized carbons (Fsp3) is 0.593. The second-order valence-electron chi connectivity index (χ2n) is 11.4. The predicted molar refractivity (Wildman–Crippen MR) is 154 cm³/mol. The number of piperidine rings is 1. The molecule has 2 unspecified atom stereocenters. The molecule has 3 rings (SSSR count).